The maximum Gasteiger partial charge on any atom is 0.264 e. The Morgan fingerprint density at radius 2 is 1.58 bits per heavy atom. The van der Waals surface area contributed by atoms with Crippen LogP contribution in [0.3, 0.4) is 0 Å². The highest BCUT2D eigenvalue weighted by Gasteiger charge is 2.34. The quantitative estimate of drug-likeness (QED) is 0.262. The molecule has 1 N–H and O–H groups in total. The predicted octanol–water partition coefficient (Wildman–Crippen LogP) is 6.11. The molecule has 0 aromatic heterocycles. The zero-order valence-corrected chi connectivity index (χ0v) is 26.5. The number of carbonyl (C=O) groups is 2. The van der Waals surface area contributed by atoms with Crippen molar-refractivity contribution in [3.63, 3.8) is 0 Å². The summed E-state index contributed by atoms with van der Waals surface area (Å²) in [5.41, 5.74) is 2.00. The van der Waals surface area contributed by atoms with Gasteiger partial charge in [0, 0.05) is 17.6 Å². The Hall–Kier alpha value is -3.56. The van der Waals surface area contributed by atoms with Crippen molar-refractivity contribution in [1.29, 1.82) is 0 Å². The third-order valence-electron chi connectivity index (χ3n) is 7.85. The van der Waals surface area contributed by atoms with Crippen molar-refractivity contribution < 1.29 is 22.7 Å². The minimum Gasteiger partial charge on any atom is -0.497 e. The molecule has 0 aliphatic heterocycles. The Balaban J connectivity index is 1.70. The van der Waals surface area contributed by atoms with Crippen molar-refractivity contribution in [1.82, 2.24) is 10.2 Å². The van der Waals surface area contributed by atoms with Crippen LogP contribution < -0.4 is 14.4 Å². The Kier molecular flexibility index (Phi) is 11.1. The molecular weight excluding hydrogens is 586 g/mol. The van der Waals surface area contributed by atoms with E-state index in [-0.39, 0.29) is 23.4 Å². The minimum absolute atomic E-state index is 0.0630. The Morgan fingerprint density at radius 1 is 0.953 bits per heavy atom. The van der Waals surface area contributed by atoms with Crippen LogP contribution in [0.25, 0.3) is 0 Å². The van der Waals surface area contributed by atoms with Crippen LogP contribution in [-0.4, -0.2) is 50.9 Å². The van der Waals surface area contributed by atoms with E-state index < -0.39 is 28.5 Å². The molecule has 0 unspecified atom stereocenters. The van der Waals surface area contributed by atoms with E-state index >= 15 is 0 Å². The maximum absolute atomic E-state index is 14.2. The van der Waals surface area contributed by atoms with Gasteiger partial charge in [0.25, 0.3) is 10.0 Å². The van der Waals surface area contributed by atoms with Gasteiger partial charge in [0.2, 0.25) is 11.8 Å². The van der Waals surface area contributed by atoms with E-state index in [0.29, 0.717) is 22.9 Å². The van der Waals surface area contributed by atoms with Gasteiger partial charge in [0.1, 0.15) is 18.3 Å². The summed E-state index contributed by atoms with van der Waals surface area (Å²) in [5.74, 6) is -0.168. The van der Waals surface area contributed by atoms with Gasteiger partial charge in [-0.15, -0.1) is 0 Å². The summed E-state index contributed by atoms with van der Waals surface area (Å²) in [7, 11) is -2.62. The molecule has 1 saturated carbocycles. The summed E-state index contributed by atoms with van der Waals surface area (Å²) < 4.78 is 34.4. The van der Waals surface area contributed by atoms with Gasteiger partial charge in [-0.2, -0.15) is 0 Å². The van der Waals surface area contributed by atoms with Gasteiger partial charge in [-0.1, -0.05) is 67.6 Å². The molecule has 0 saturated heterocycles. The van der Waals surface area contributed by atoms with E-state index in [1.165, 1.54) is 24.1 Å². The topological polar surface area (TPSA) is 96.0 Å². The lowest BCUT2D eigenvalue weighted by molar-refractivity contribution is -0.140. The molecule has 0 spiro atoms. The molecular formula is C33H40ClN3O5S. The predicted molar refractivity (Wildman–Crippen MR) is 170 cm³/mol. The zero-order chi connectivity index (χ0) is 31.0. The first kappa shape index (κ1) is 32.4. The van der Waals surface area contributed by atoms with Crippen molar-refractivity contribution in [2.24, 2.45) is 0 Å². The van der Waals surface area contributed by atoms with Crippen molar-refractivity contribution in [2.75, 3.05) is 18.0 Å². The van der Waals surface area contributed by atoms with E-state index in [2.05, 4.69) is 5.32 Å². The van der Waals surface area contributed by atoms with Crippen LogP contribution in [0.15, 0.2) is 77.7 Å². The van der Waals surface area contributed by atoms with E-state index in [1.54, 1.807) is 60.7 Å². The molecule has 8 nitrogen and oxygen atoms in total. The molecule has 230 valence electrons. The van der Waals surface area contributed by atoms with Gasteiger partial charge in [-0.05, 0) is 80.3 Å². The molecule has 0 radical (unpaired) electrons. The maximum atomic E-state index is 14.2. The lowest BCUT2D eigenvalue weighted by Gasteiger charge is -2.34. The highest BCUT2D eigenvalue weighted by molar-refractivity contribution is 7.92. The van der Waals surface area contributed by atoms with Gasteiger partial charge in [-0.3, -0.25) is 13.9 Å². The molecule has 1 aliphatic rings. The average molecular weight is 626 g/mol. The Labute approximate surface area is 260 Å². The molecule has 3 aromatic carbocycles. The smallest absolute Gasteiger partial charge is 0.264 e. The summed E-state index contributed by atoms with van der Waals surface area (Å²) in [4.78, 5) is 29.4. The van der Waals surface area contributed by atoms with Crippen LogP contribution in [0, 0.1) is 6.92 Å². The first-order chi connectivity index (χ1) is 20.6. The number of sulfonamides is 1. The van der Waals surface area contributed by atoms with Crippen LogP contribution in [0.5, 0.6) is 5.75 Å². The standard InChI is InChI=1S/C33H40ClN3O5S/c1-4-31(33(39)35-27-8-6-5-7-9-27)36(22-25-12-14-26(34)15-13-25)32(38)23-37(28-16-18-29(42-3)19-17-28)43(40,41)30-20-10-24(2)11-21-30/h10-21,27,31H,4-9,22-23H2,1-3H3,(H,35,39)/t31-/m1/s1. The van der Waals surface area contributed by atoms with Gasteiger partial charge in [0.05, 0.1) is 17.7 Å². The number of methoxy groups -OCH3 is 1. The summed E-state index contributed by atoms with van der Waals surface area (Å²) in [5, 5.41) is 3.71. The van der Waals surface area contributed by atoms with Gasteiger partial charge in [0.15, 0.2) is 0 Å². The van der Waals surface area contributed by atoms with E-state index in [9.17, 15) is 18.0 Å². The summed E-state index contributed by atoms with van der Waals surface area (Å²) in [6.07, 6.45) is 5.46. The second kappa shape index (κ2) is 14.8. The Bertz CT molecular complexity index is 1470. The number of benzene rings is 3. The fourth-order valence-corrected chi connectivity index (χ4v) is 6.91. The van der Waals surface area contributed by atoms with Crippen LogP contribution in [-0.2, 0) is 26.2 Å². The number of anilines is 1. The molecule has 1 atom stereocenters. The SMILES string of the molecule is CC[C@H](C(=O)NC1CCCCC1)N(Cc1ccc(Cl)cc1)C(=O)CN(c1ccc(OC)cc1)S(=O)(=O)c1ccc(C)cc1. The molecule has 10 heteroatoms. The molecule has 3 aromatic rings. The van der Waals surface area contributed by atoms with Crippen molar-refractivity contribution in [3.8, 4) is 5.75 Å². The highest BCUT2D eigenvalue weighted by atomic mass is 35.5. The number of amides is 2. The minimum atomic E-state index is -4.15. The van der Waals surface area contributed by atoms with Crippen LogP contribution >= 0.6 is 11.6 Å². The molecule has 1 fully saturated rings. The fraction of sp³-hybridized carbons (Fsp3) is 0.394. The van der Waals surface area contributed by atoms with Crippen LogP contribution in [0.2, 0.25) is 5.02 Å². The molecule has 43 heavy (non-hydrogen) atoms. The van der Waals surface area contributed by atoms with Crippen molar-refractivity contribution in [3.05, 3.63) is 88.9 Å². The molecule has 0 heterocycles. The number of nitrogens with one attached hydrogen (secondary N) is 1. The number of halogens is 1. The van der Waals surface area contributed by atoms with Gasteiger partial charge >= 0.3 is 0 Å². The Morgan fingerprint density at radius 3 is 2.16 bits per heavy atom. The zero-order valence-electron chi connectivity index (χ0n) is 25.0. The van der Waals surface area contributed by atoms with Gasteiger partial charge in [-0.25, -0.2) is 8.42 Å². The molecule has 0 bridgehead atoms. The highest BCUT2D eigenvalue weighted by Crippen LogP contribution is 2.27. The fourth-order valence-electron chi connectivity index (χ4n) is 5.36. The van der Waals surface area contributed by atoms with Crippen LogP contribution in [0.4, 0.5) is 5.69 Å². The second-order valence-electron chi connectivity index (χ2n) is 10.9. The van der Waals surface area contributed by atoms with Crippen molar-refractivity contribution >= 4 is 39.1 Å². The summed E-state index contributed by atoms with van der Waals surface area (Å²) in [6.45, 7) is 3.35. The van der Waals surface area contributed by atoms with E-state index in [0.717, 1.165) is 47.5 Å². The van der Waals surface area contributed by atoms with E-state index in [4.69, 9.17) is 16.3 Å². The number of carbonyl (C=O) groups excluding carboxylic acids is 2. The number of rotatable bonds is 12. The molecule has 2 amide bonds. The first-order valence-electron chi connectivity index (χ1n) is 14.7. The molecule has 1 aliphatic carbocycles. The van der Waals surface area contributed by atoms with Crippen molar-refractivity contribution in [2.45, 2.75) is 75.9 Å². The lowest BCUT2D eigenvalue weighted by atomic mass is 9.95. The lowest BCUT2D eigenvalue weighted by Crippen LogP contribution is -2.54. The number of aryl methyl sites for hydroxylation is 1. The normalized spacial score (nSPS) is 14.5. The molecule has 4 rings (SSSR count). The monoisotopic (exact) mass is 625 g/mol. The third-order valence-corrected chi connectivity index (χ3v) is 9.89. The number of hydrogen-bond acceptors (Lipinski definition) is 5. The largest absolute Gasteiger partial charge is 0.497 e. The average Bonchev–Trinajstić information content (AvgIpc) is 3.01. The van der Waals surface area contributed by atoms with Gasteiger partial charge < -0.3 is 15.0 Å². The van der Waals surface area contributed by atoms with Crippen LogP contribution in [0.1, 0.15) is 56.6 Å². The number of hydrogen-bond donors (Lipinski definition) is 1. The first-order valence-corrected chi connectivity index (χ1v) is 16.5. The summed E-state index contributed by atoms with van der Waals surface area (Å²) >= 11 is 6.11. The third kappa shape index (κ3) is 8.30. The van der Waals surface area contributed by atoms with E-state index in [1.807, 2.05) is 13.8 Å². The number of ether oxygens (including phenoxy) is 1. The second-order valence-corrected chi connectivity index (χ2v) is 13.2. The number of nitrogens with zero attached hydrogens (tertiary/aromatic N) is 2. The summed E-state index contributed by atoms with van der Waals surface area (Å²) in [6, 6.07) is 19.4.